The van der Waals surface area contributed by atoms with Crippen LogP contribution < -0.4 is 10.1 Å². The summed E-state index contributed by atoms with van der Waals surface area (Å²) in [6.07, 6.45) is 3.63. The Balaban J connectivity index is 1.16. The summed E-state index contributed by atoms with van der Waals surface area (Å²) in [5.41, 5.74) is 1.24. The number of benzene rings is 2. The van der Waals surface area contributed by atoms with E-state index < -0.39 is 41.9 Å². The van der Waals surface area contributed by atoms with E-state index in [0.29, 0.717) is 22.4 Å². The monoisotopic (exact) mass is 547 g/mol. The van der Waals surface area contributed by atoms with Crippen LogP contribution in [0.15, 0.2) is 48.8 Å². The van der Waals surface area contributed by atoms with Gasteiger partial charge in [0.1, 0.15) is 36.4 Å². The molecule has 7 rings (SSSR count). The molecule has 0 bridgehead atoms. The van der Waals surface area contributed by atoms with Crippen LogP contribution in [0.3, 0.4) is 0 Å². The lowest BCUT2D eigenvalue weighted by atomic mass is 9.90. The molecular weight excluding hydrogens is 520 g/mol. The van der Waals surface area contributed by atoms with E-state index in [4.69, 9.17) is 4.74 Å². The lowest BCUT2D eigenvalue weighted by Crippen LogP contribution is -2.49. The van der Waals surface area contributed by atoms with Crippen molar-refractivity contribution in [3.05, 3.63) is 71.3 Å². The Kier molecular flexibility index (Phi) is 5.48. The van der Waals surface area contributed by atoms with Crippen LogP contribution in [-0.4, -0.2) is 56.6 Å². The van der Waals surface area contributed by atoms with Crippen molar-refractivity contribution in [2.45, 2.75) is 43.6 Å². The summed E-state index contributed by atoms with van der Waals surface area (Å²) < 4.78 is 37.0. The molecule has 3 atom stereocenters. The fourth-order valence-corrected chi connectivity index (χ4v) is 6.29. The second kappa shape index (κ2) is 8.87. The Bertz CT molecular complexity index is 1570. The first-order valence-corrected chi connectivity index (χ1v) is 13.4. The molecule has 40 heavy (non-hydrogen) atoms. The van der Waals surface area contributed by atoms with E-state index in [-0.39, 0.29) is 31.5 Å². The normalized spacial score (nSPS) is 25.5. The summed E-state index contributed by atoms with van der Waals surface area (Å²) in [7, 11) is 1.79. The molecule has 1 saturated heterocycles. The van der Waals surface area contributed by atoms with Crippen molar-refractivity contribution in [2.75, 3.05) is 13.2 Å². The first-order valence-electron chi connectivity index (χ1n) is 13.4. The third-order valence-corrected chi connectivity index (χ3v) is 8.50. The molecule has 9 nitrogen and oxygen atoms in total. The lowest BCUT2D eigenvalue weighted by Gasteiger charge is -2.30. The minimum absolute atomic E-state index is 0.106. The highest BCUT2D eigenvalue weighted by Crippen LogP contribution is 2.49. The number of fused-ring (bicyclic) bond motifs is 3. The molecule has 2 fully saturated rings. The lowest BCUT2D eigenvalue weighted by molar-refractivity contribution is -0.141. The highest BCUT2D eigenvalue weighted by Gasteiger charge is 2.58. The molecule has 2 aliphatic carbocycles. The van der Waals surface area contributed by atoms with Gasteiger partial charge < -0.3 is 15.0 Å². The zero-order valence-corrected chi connectivity index (χ0v) is 21.8. The molecule has 2 aromatic carbocycles. The molecule has 1 aromatic heterocycles. The zero-order chi connectivity index (χ0) is 27.8. The van der Waals surface area contributed by atoms with Crippen LogP contribution in [0, 0.1) is 11.7 Å². The van der Waals surface area contributed by atoms with E-state index >= 15 is 4.39 Å². The number of hydrogen-bond donors (Lipinski definition) is 1. The first kappa shape index (κ1) is 24.7. The Morgan fingerprint density at radius 3 is 2.75 bits per heavy atom. The molecule has 11 heteroatoms. The van der Waals surface area contributed by atoms with Gasteiger partial charge in [0.15, 0.2) is 0 Å². The summed E-state index contributed by atoms with van der Waals surface area (Å²) in [5, 5.41) is 6.87. The number of nitrogens with zero attached hydrogens (tertiary/aromatic N) is 4. The second-order valence-corrected chi connectivity index (χ2v) is 11.1. The molecule has 3 aromatic rings. The van der Waals surface area contributed by atoms with Crippen molar-refractivity contribution in [3.8, 4) is 16.9 Å². The summed E-state index contributed by atoms with van der Waals surface area (Å²) in [6.45, 7) is -0.149. The maximum absolute atomic E-state index is 15.4. The molecule has 3 heterocycles. The minimum Gasteiger partial charge on any atom is -0.491 e. The van der Waals surface area contributed by atoms with Gasteiger partial charge in [-0.05, 0) is 59.7 Å². The van der Waals surface area contributed by atoms with Gasteiger partial charge in [0.25, 0.3) is 5.91 Å². The maximum atomic E-state index is 15.4. The molecular formula is C29H27F2N5O4. The van der Waals surface area contributed by atoms with Gasteiger partial charge in [-0.2, -0.15) is 5.10 Å². The van der Waals surface area contributed by atoms with Crippen LogP contribution in [-0.2, 0) is 28.7 Å². The van der Waals surface area contributed by atoms with Gasteiger partial charge in [-0.15, -0.1) is 0 Å². The smallest absolute Gasteiger partial charge is 0.325 e. The Hall–Kier alpha value is -4.28. The number of amides is 4. The quantitative estimate of drug-likeness (QED) is 0.504. The van der Waals surface area contributed by atoms with Crippen molar-refractivity contribution < 1.29 is 27.9 Å². The first-order chi connectivity index (χ1) is 19.2. The predicted molar refractivity (Wildman–Crippen MR) is 138 cm³/mol. The van der Waals surface area contributed by atoms with E-state index in [0.717, 1.165) is 28.9 Å². The summed E-state index contributed by atoms with van der Waals surface area (Å²) in [5.74, 6) is -0.788. The van der Waals surface area contributed by atoms with E-state index in [1.165, 1.54) is 12.1 Å². The molecule has 0 radical (unpaired) electrons. The minimum atomic E-state index is -1.58. The molecule has 4 aliphatic rings. The number of aromatic nitrogens is 2. The van der Waals surface area contributed by atoms with Gasteiger partial charge in [0.2, 0.25) is 5.91 Å². The van der Waals surface area contributed by atoms with Crippen molar-refractivity contribution >= 4 is 17.8 Å². The van der Waals surface area contributed by atoms with Gasteiger partial charge in [-0.25, -0.2) is 13.6 Å². The van der Waals surface area contributed by atoms with Gasteiger partial charge in [-0.3, -0.25) is 19.2 Å². The molecule has 1 N–H and O–H groups in total. The van der Waals surface area contributed by atoms with E-state index in [2.05, 4.69) is 10.4 Å². The van der Waals surface area contributed by atoms with Crippen molar-refractivity contribution in [1.82, 2.24) is 24.9 Å². The van der Waals surface area contributed by atoms with Crippen LogP contribution >= 0.6 is 0 Å². The van der Waals surface area contributed by atoms with Gasteiger partial charge in [0, 0.05) is 37.3 Å². The average molecular weight is 548 g/mol. The number of aryl methyl sites for hydroxylation is 1. The third kappa shape index (κ3) is 3.86. The van der Waals surface area contributed by atoms with Crippen molar-refractivity contribution in [1.29, 1.82) is 0 Å². The standard InChI is InChI=1S/C29H27F2N5O4/c1-34-12-19(11-32-34)17-4-6-22-21(9-17)23(31)10-29(22)27(38)36(28(39)33-29)14-26(37)35-13-18-8-20(30)5-7-25(18)40-15-24(35)16-2-3-16/h4-9,11-12,16,23-24H,2-3,10,13-15H2,1H3,(H,33,39)/t23?,24-,29+/m0/s1. The number of rotatable bonds is 4. The fraction of sp³-hybridized carbons (Fsp3) is 0.379. The molecule has 206 valence electrons. The summed E-state index contributed by atoms with van der Waals surface area (Å²) in [4.78, 5) is 43.0. The number of ether oxygens (including phenoxy) is 1. The number of imide groups is 1. The number of hydrogen-bond acceptors (Lipinski definition) is 5. The number of urea groups is 1. The average Bonchev–Trinajstić information content (AvgIpc) is 3.60. The van der Waals surface area contributed by atoms with E-state index in [9.17, 15) is 18.8 Å². The molecule has 2 aliphatic heterocycles. The highest BCUT2D eigenvalue weighted by molar-refractivity contribution is 6.10. The van der Waals surface area contributed by atoms with Crippen LogP contribution in [0.5, 0.6) is 5.75 Å². The largest absolute Gasteiger partial charge is 0.491 e. The number of alkyl halides is 1. The van der Waals surface area contributed by atoms with E-state index in [1.54, 1.807) is 47.1 Å². The predicted octanol–water partition coefficient (Wildman–Crippen LogP) is 3.59. The fourth-order valence-electron chi connectivity index (χ4n) is 6.29. The SMILES string of the molecule is Cn1cc(-c2ccc3c(c2)C(F)C[C@@]32NC(=O)N(CC(=O)N3Cc4cc(F)ccc4OC[C@H]3C3CC3)C2=O)cn1. The number of nitrogens with one attached hydrogen (secondary N) is 1. The van der Waals surface area contributed by atoms with Crippen LogP contribution in [0.25, 0.3) is 11.1 Å². The van der Waals surface area contributed by atoms with Crippen molar-refractivity contribution in [2.24, 2.45) is 13.0 Å². The maximum Gasteiger partial charge on any atom is 0.325 e. The van der Waals surface area contributed by atoms with Crippen LogP contribution in [0.4, 0.5) is 13.6 Å². The number of carbonyl (C=O) groups is 3. The summed E-state index contributed by atoms with van der Waals surface area (Å²) in [6, 6.07) is 8.33. The Labute approximate surface area is 228 Å². The van der Waals surface area contributed by atoms with E-state index in [1.807, 2.05) is 6.20 Å². The highest BCUT2D eigenvalue weighted by atomic mass is 19.1. The topological polar surface area (TPSA) is 96.8 Å². The Morgan fingerprint density at radius 1 is 1.18 bits per heavy atom. The molecule has 1 spiro atoms. The van der Waals surface area contributed by atoms with Gasteiger partial charge in [-0.1, -0.05) is 12.1 Å². The van der Waals surface area contributed by atoms with Crippen molar-refractivity contribution in [3.63, 3.8) is 0 Å². The van der Waals surface area contributed by atoms with Gasteiger partial charge >= 0.3 is 6.03 Å². The zero-order valence-electron chi connectivity index (χ0n) is 21.8. The van der Waals surface area contributed by atoms with Crippen LogP contribution in [0.2, 0.25) is 0 Å². The Morgan fingerprint density at radius 2 is 2.00 bits per heavy atom. The third-order valence-electron chi connectivity index (χ3n) is 8.50. The van der Waals surface area contributed by atoms with Gasteiger partial charge in [0.05, 0.1) is 12.2 Å². The summed E-state index contributed by atoms with van der Waals surface area (Å²) >= 11 is 0. The van der Waals surface area contributed by atoms with Crippen LogP contribution in [0.1, 0.15) is 42.1 Å². The second-order valence-electron chi connectivity index (χ2n) is 11.1. The molecule has 4 amide bonds. The number of carbonyl (C=O) groups excluding carboxylic acids is 3. The molecule has 1 saturated carbocycles. The number of halogens is 2. The molecule has 1 unspecified atom stereocenters.